The van der Waals surface area contributed by atoms with Crippen molar-refractivity contribution in [2.45, 2.75) is 45.1 Å². The zero-order valence-electron chi connectivity index (χ0n) is 10.7. The smallest absolute Gasteiger partial charge is 0.0285 e. The summed E-state index contributed by atoms with van der Waals surface area (Å²) in [5.74, 6) is 1.78. The van der Waals surface area contributed by atoms with Crippen LogP contribution in [0.15, 0.2) is 15.9 Å². The SMILES string of the molecule is CNC(Cc1cc(Br)cs1)C1CCCC(C)C1. The molecule has 3 heteroatoms. The first kappa shape index (κ1) is 13.6. The summed E-state index contributed by atoms with van der Waals surface area (Å²) in [6.45, 7) is 2.40. The number of likely N-dealkylation sites (N-methyl/N-ethyl adjacent to an activating group) is 1. The van der Waals surface area contributed by atoms with Crippen LogP contribution in [0, 0.1) is 11.8 Å². The van der Waals surface area contributed by atoms with Gasteiger partial charge in [0.1, 0.15) is 0 Å². The van der Waals surface area contributed by atoms with E-state index in [-0.39, 0.29) is 0 Å². The number of rotatable bonds is 4. The third-order valence-corrected chi connectivity index (χ3v) is 5.68. The molecule has 0 radical (unpaired) electrons. The van der Waals surface area contributed by atoms with Crippen LogP contribution in [0.2, 0.25) is 0 Å². The first-order valence-electron chi connectivity index (χ1n) is 6.59. The Morgan fingerprint density at radius 1 is 1.53 bits per heavy atom. The molecule has 1 N–H and O–H groups in total. The van der Waals surface area contributed by atoms with Crippen molar-refractivity contribution in [2.75, 3.05) is 7.05 Å². The van der Waals surface area contributed by atoms with Crippen LogP contribution in [0.3, 0.4) is 0 Å². The second-order valence-electron chi connectivity index (χ2n) is 5.36. The van der Waals surface area contributed by atoms with Crippen molar-refractivity contribution < 1.29 is 0 Å². The normalized spacial score (nSPS) is 27.0. The van der Waals surface area contributed by atoms with Crippen LogP contribution in [0.25, 0.3) is 0 Å². The molecule has 3 atom stereocenters. The number of hydrogen-bond donors (Lipinski definition) is 1. The van der Waals surface area contributed by atoms with Gasteiger partial charge in [-0.25, -0.2) is 0 Å². The fraction of sp³-hybridized carbons (Fsp3) is 0.714. The van der Waals surface area contributed by atoms with Crippen molar-refractivity contribution in [3.05, 3.63) is 20.8 Å². The minimum atomic E-state index is 0.656. The third-order valence-electron chi connectivity index (χ3n) is 3.96. The second kappa shape index (κ2) is 6.35. The molecule has 1 nitrogen and oxygen atoms in total. The summed E-state index contributed by atoms with van der Waals surface area (Å²) in [5, 5.41) is 5.73. The van der Waals surface area contributed by atoms with Gasteiger partial charge in [-0.1, -0.05) is 19.8 Å². The maximum atomic E-state index is 3.54. The molecule has 1 aliphatic rings. The van der Waals surface area contributed by atoms with E-state index in [9.17, 15) is 0 Å². The molecule has 0 bridgehead atoms. The van der Waals surface area contributed by atoms with Gasteiger partial charge in [0.05, 0.1) is 0 Å². The molecule has 0 aliphatic heterocycles. The summed E-state index contributed by atoms with van der Waals surface area (Å²) in [5.41, 5.74) is 0. The van der Waals surface area contributed by atoms with Gasteiger partial charge in [0.15, 0.2) is 0 Å². The van der Waals surface area contributed by atoms with Gasteiger partial charge in [0.2, 0.25) is 0 Å². The first-order chi connectivity index (χ1) is 8.19. The topological polar surface area (TPSA) is 12.0 Å². The van der Waals surface area contributed by atoms with Gasteiger partial charge in [0.25, 0.3) is 0 Å². The third kappa shape index (κ3) is 3.80. The number of halogens is 1. The average Bonchev–Trinajstić information content (AvgIpc) is 2.72. The molecule has 0 amide bonds. The lowest BCUT2D eigenvalue weighted by molar-refractivity contribution is 0.228. The van der Waals surface area contributed by atoms with E-state index in [4.69, 9.17) is 0 Å². The van der Waals surface area contributed by atoms with Gasteiger partial charge >= 0.3 is 0 Å². The Kier molecular flexibility index (Phi) is 5.07. The second-order valence-corrected chi connectivity index (χ2v) is 7.27. The summed E-state index contributed by atoms with van der Waals surface area (Å²) in [7, 11) is 2.12. The zero-order valence-corrected chi connectivity index (χ0v) is 13.1. The highest BCUT2D eigenvalue weighted by molar-refractivity contribution is 9.10. The van der Waals surface area contributed by atoms with E-state index in [0.29, 0.717) is 6.04 Å². The number of thiophene rings is 1. The Morgan fingerprint density at radius 2 is 2.35 bits per heavy atom. The molecule has 0 saturated heterocycles. The van der Waals surface area contributed by atoms with E-state index >= 15 is 0 Å². The molecule has 2 rings (SSSR count). The molecule has 17 heavy (non-hydrogen) atoms. The zero-order chi connectivity index (χ0) is 12.3. The van der Waals surface area contributed by atoms with Gasteiger partial charge in [-0.15, -0.1) is 11.3 Å². The molecule has 1 aromatic rings. The molecule has 0 spiro atoms. The Labute approximate surface area is 117 Å². The summed E-state index contributed by atoms with van der Waals surface area (Å²) in [6, 6.07) is 2.92. The van der Waals surface area contributed by atoms with E-state index in [2.05, 4.69) is 46.7 Å². The Morgan fingerprint density at radius 3 is 2.94 bits per heavy atom. The van der Waals surface area contributed by atoms with Crippen LogP contribution in [0.1, 0.15) is 37.5 Å². The maximum Gasteiger partial charge on any atom is 0.0285 e. The Hall–Kier alpha value is 0.140. The maximum absolute atomic E-state index is 3.54. The van der Waals surface area contributed by atoms with Crippen molar-refractivity contribution in [2.24, 2.45) is 11.8 Å². The van der Waals surface area contributed by atoms with Crippen LogP contribution in [0.4, 0.5) is 0 Å². The molecule has 1 heterocycles. The van der Waals surface area contributed by atoms with E-state index < -0.39 is 0 Å². The summed E-state index contributed by atoms with van der Waals surface area (Å²) >= 11 is 5.41. The van der Waals surface area contributed by atoms with Crippen LogP contribution in [-0.2, 0) is 6.42 Å². The van der Waals surface area contributed by atoms with E-state index in [1.54, 1.807) is 0 Å². The number of hydrogen-bond acceptors (Lipinski definition) is 2. The Bertz CT molecular complexity index is 350. The first-order valence-corrected chi connectivity index (χ1v) is 8.26. The largest absolute Gasteiger partial charge is 0.316 e. The summed E-state index contributed by atoms with van der Waals surface area (Å²) < 4.78 is 1.23. The predicted molar refractivity (Wildman–Crippen MR) is 79.7 cm³/mol. The van der Waals surface area contributed by atoms with Crippen LogP contribution >= 0.6 is 27.3 Å². The highest BCUT2D eigenvalue weighted by Crippen LogP contribution is 2.32. The molecular weight excluding hydrogens is 294 g/mol. The molecular formula is C14H22BrNS. The minimum absolute atomic E-state index is 0.656. The lowest BCUT2D eigenvalue weighted by Gasteiger charge is -2.33. The van der Waals surface area contributed by atoms with Gasteiger partial charge in [-0.2, -0.15) is 0 Å². The van der Waals surface area contributed by atoms with Gasteiger partial charge in [0, 0.05) is 20.8 Å². The van der Waals surface area contributed by atoms with Gasteiger partial charge in [-0.05, 0) is 60.1 Å². The van der Waals surface area contributed by atoms with Crippen LogP contribution in [0.5, 0.6) is 0 Å². The predicted octanol–water partition coefficient (Wildman–Crippen LogP) is 4.47. The average molecular weight is 316 g/mol. The fourth-order valence-corrected chi connectivity index (χ4v) is 4.54. The lowest BCUT2D eigenvalue weighted by Crippen LogP contribution is -2.37. The number of nitrogens with one attached hydrogen (secondary N) is 1. The van der Waals surface area contributed by atoms with Gasteiger partial charge < -0.3 is 5.32 Å². The lowest BCUT2D eigenvalue weighted by atomic mass is 9.77. The van der Waals surface area contributed by atoms with Crippen LogP contribution in [-0.4, -0.2) is 13.1 Å². The highest BCUT2D eigenvalue weighted by Gasteiger charge is 2.26. The van der Waals surface area contributed by atoms with E-state index in [1.165, 1.54) is 41.5 Å². The highest BCUT2D eigenvalue weighted by atomic mass is 79.9. The van der Waals surface area contributed by atoms with E-state index in [0.717, 1.165) is 11.8 Å². The van der Waals surface area contributed by atoms with Crippen molar-refractivity contribution in [1.82, 2.24) is 5.32 Å². The molecule has 1 aromatic heterocycles. The van der Waals surface area contributed by atoms with Crippen molar-refractivity contribution in [3.8, 4) is 0 Å². The summed E-state index contributed by atoms with van der Waals surface area (Å²) in [4.78, 5) is 1.49. The van der Waals surface area contributed by atoms with Crippen molar-refractivity contribution in [1.29, 1.82) is 0 Å². The molecule has 1 saturated carbocycles. The van der Waals surface area contributed by atoms with Crippen LogP contribution < -0.4 is 5.32 Å². The molecule has 96 valence electrons. The molecule has 1 aliphatic carbocycles. The standard InChI is InChI=1S/C14H22BrNS/c1-10-4-3-5-11(6-10)14(16-2)8-13-7-12(15)9-17-13/h7,9-11,14,16H,3-6,8H2,1-2H3. The quantitative estimate of drug-likeness (QED) is 0.864. The van der Waals surface area contributed by atoms with Crippen molar-refractivity contribution >= 4 is 27.3 Å². The molecule has 3 unspecified atom stereocenters. The minimum Gasteiger partial charge on any atom is -0.316 e. The van der Waals surface area contributed by atoms with E-state index in [1.807, 2.05) is 11.3 Å². The molecule has 0 aromatic carbocycles. The van der Waals surface area contributed by atoms with Gasteiger partial charge in [-0.3, -0.25) is 0 Å². The van der Waals surface area contributed by atoms with Crippen molar-refractivity contribution in [3.63, 3.8) is 0 Å². The molecule has 1 fully saturated rings. The summed E-state index contributed by atoms with van der Waals surface area (Å²) in [6.07, 6.45) is 6.83. The fourth-order valence-electron chi connectivity index (χ4n) is 3.03. The monoisotopic (exact) mass is 315 g/mol. The Balaban J connectivity index is 1.95.